The quantitative estimate of drug-likeness (QED) is 0.502. The summed E-state index contributed by atoms with van der Waals surface area (Å²) in [6.07, 6.45) is -3.36. The molecular formula is C15H18N2O9. The van der Waals surface area contributed by atoms with Crippen LogP contribution in [0.4, 0.5) is 0 Å². The largest absolute Gasteiger partial charge is 0.463 e. The molecule has 1 aliphatic rings. The van der Waals surface area contributed by atoms with E-state index in [2.05, 4.69) is 0 Å². The summed E-state index contributed by atoms with van der Waals surface area (Å²) < 4.78 is 21.9. The maximum absolute atomic E-state index is 12.1. The van der Waals surface area contributed by atoms with Gasteiger partial charge in [-0.25, -0.2) is 4.79 Å². The Morgan fingerprint density at radius 3 is 2.23 bits per heavy atom. The second kappa shape index (κ2) is 7.95. The van der Waals surface area contributed by atoms with E-state index in [1.807, 2.05) is 4.98 Å². The van der Waals surface area contributed by atoms with Gasteiger partial charge >= 0.3 is 23.6 Å². The first-order valence-electron chi connectivity index (χ1n) is 7.63. The van der Waals surface area contributed by atoms with Crippen molar-refractivity contribution in [2.45, 2.75) is 45.3 Å². The third-order valence-corrected chi connectivity index (χ3v) is 3.47. The number of hydrogen-bond donors (Lipinski definition) is 1. The first-order valence-corrected chi connectivity index (χ1v) is 7.63. The summed E-state index contributed by atoms with van der Waals surface area (Å²) in [5.41, 5.74) is -1.43. The highest BCUT2D eigenvalue weighted by molar-refractivity contribution is 5.67. The molecule has 1 aliphatic heterocycles. The summed E-state index contributed by atoms with van der Waals surface area (Å²) in [6.45, 7) is 3.17. The van der Waals surface area contributed by atoms with Gasteiger partial charge in [-0.3, -0.25) is 28.7 Å². The van der Waals surface area contributed by atoms with Crippen molar-refractivity contribution in [3.8, 4) is 0 Å². The third-order valence-electron chi connectivity index (χ3n) is 3.47. The number of H-pyrrole nitrogens is 1. The predicted octanol–water partition coefficient (Wildman–Crippen LogP) is -1.14. The van der Waals surface area contributed by atoms with Crippen LogP contribution in [-0.4, -0.2) is 52.4 Å². The van der Waals surface area contributed by atoms with Gasteiger partial charge in [0.05, 0.1) is 0 Å². The van der Waals surface area contributed by atoms with Crippen molar-refractivity contribution in [2.24, 2.45) is 0 Å². The molecule has 0 radical (unpaired) electrons. The summed E-state index contributed by atoms with van der Waals surface area (Å²) in [5.74, 6) is -1.98. The average molecular weight is 370 g/mol. The lowest BCUT2D eigenvalue weighted by Crippen LogP contribution is -2.42. The minimum atomic E-state index is -1.20. The van der Waals surface area contributed by atoms with Crippen LogP contribution < -0.4 is 11.2 Å². The molecule has 2 rings (SSSR count). The summed E-state index contributed by atoms with van der Waals surface area (Å²) >= 11 is 0. The van der Waals surface area contributed by atoms with Crippen molar-refractivity contribution < 1.29 is 33.3 Å². The molecule has 1 saturated heterocycles. The number of aromatic amines is 1. The standard InChI is InChI=1S/C15H18N2O9/c1-7(18)23-6-10-12(24-8(2)19)13(25-9(3)20)14(26-10)17-5-4-11(21)16-15(17)22/h4-5,10,12-14H,6H2,1-3H3,(H,16,21,22)/t10-,12-,13-,14-/m0/s1. The number of aromatic nitrogens is 2. The third kappa shape index (κ3) is 4.57. The van der Waals surface area contributed by atoms with Gasteiger partial charge < -0.3 is 18.9 Å². The number of carbonyl (C=O) groups is 3. The fourth-order valence-corrected chi connectivity index (χ4v) is 2.54. The zero-order valence-electron chi connectivity index (χ0n) is 14.3. The fraction of sp³-hybridized carbons (Fsp3) is 0.533. The lowest BCUT2D eigenvalue weighted by molar-refractivity contribution is -0.166. The Kier molecular flexibility index (Phi) is 5.93. The van der Waals surface area contributed by atoms with E-state index in [4.69, 9.17) is 18.9 Å². The molecule has 1 N–H and O–H groups in total. The Bertz CT molecular complexity index is 812. The summed E-state index contributed by atoms with van der Waals surface area (Å²) in [6, 6.07) is 1.08. The molecule has 0 saturated carbocycles. The van der Waals surface area contributed by atoms with Crippen LogP contribution in [0.2, 0.25) is 0 Å². The van der Waals surface area contributed by atoms with Gasteiger partial charge in [0.15, 0.2) is 18.4 Å². The van der Waals surface area contributed by atoms with Crippen molar-refractivity contribution in [1.29, 1.82) is 0 Å². The Balaban J connectivity index is 2.41. The topological polar surface area (TPSA) is 143 Å². The van der Waals surface area contributed by atoms with Gasteiger partial charge in [-0.2, -0.15) is 0 Å². The van der Waals surface area contributed by atoms with E-state index < -0.39 is 53.7 Å². The minimum Gasteiger partial charge on any atom is -0.463 e. The van der Waals surface area contributed by atoms with Crippen LogP contribution in [0.1, 0.15) is 27.0 Å². The van der Waals surface area contributed by atoms with E-state index in [1.54, 1.807) is 0 Å². The molecule has 0 bridgehead atoms. The molecule has 11 heteroatoms. The van der Waals surface area contributed by atoms with Crippen LogP contribution in [0.15, 0.2) is 21.9 Å². The number of carbonyl (C=O) groups excluding carboxylic acids is 3. The number of esters is 3. The normalized spacial score (nSPS) is 24.7. The van der Waals surface area contributed by atoms with Gasteiger partial charge in [-0.1, -0.05) is 0 Å². The molecule has 142 valence electrons. The van der Waals surface area contributed by atoms with Crippen LogP contribution in [-0.2, 0) is 33.3 Å². The molecule has 0 aliphatic carbocycles. The van der Waals surface area contributed by atoms with Gasteiger partial charge in [0.2, 0.25) is 0 Å². The number of nitrogens with zero attached hydrogens (tertiary/aromatic N) is 1. The highest BCUT2D eigenvalue weighted by Gasteiger charge is 2.50. The molecule has 0 amide bonds. The summed E-state index contributed by atoms with van der Waals surface area (Å²) in [5, 5.41) is 0. The van der Waals surface area contributed by atoms with Crippen molar-refractivity contribution in [2.75, 3.05) is 6.61 Å². The predicted molar refractivity (Wildman–Crippen MR) is 83.0 cm³/mol. The smallest absolute Gasteiger partial charge is 0.330 e. The highest BCUT2D eigenvalue weighted by Crippen LogP contribution is 2.33. The number of ether oxygens (including phenoxy) is 4. The molecule has 0 aromatic carbocycles. The van der Waals surface area contributed by atoms with E-state index >= 15 is 0 Å². The Hall–Kier alpha value is -2.95. The Morgan fingerprint density at radius 1 is 1.08 bits per heavy atom. The van der Waals surface area contributed by atoms with Crippen molar-refractivity contribution in [3.63, 3.8) is 0 Å². The molecule has 0 spiro atoms. The first-order chi connectivity index (χ1) is 12.2. The lowest BCUT2D eigenvalue weighted by Gasteiger charge is -2.23. The number of nitrogens with one attached hydrogen (secondary N) is 1. The zero-order valence-corrected chi connectivity index (χ0v) is 14.3. The van der Waals surface area contributed by atoms with Crippen LogP contribution in [0, 0.1) is 0 Å². The SMILES string of the molecule is CC(=O)OC[C@@H]1O[C@H](n2ccc(=O)[nH]c2=O)[C@@H](OC(C)=O)[C@H]1OC(C)=O. The lowest BCUT2D eigenvalue weighted by atomic mass is 10.1. The fourth-order valence-electron chi connectivity index (χ4n) is 2.54. The van der Waals surface area contributed by atoms with Crippen molar-refractivity contribution in [1.82, 2.24) is 9.55 Å². The van der Waals surface area contributed by atoms with Crippen molar-refractivity contribution >= 4 is 17.9 Å². The molecular weight excluding hydrogens is 352 g/mol. The van der Waals surface area contributed by atoms with Gasteiger partial charge in [0.1, 0.15) is 12.7 Å². The van der Waals surface area contributed by atoms with Gasteiger partial charge in [-0.05, 0) is 0 Å². The average Bonchev–Trinajstić information content (AvgIpc) is 2.82. The van der Waals surface area contributed by atoms with Crippen LogP contribution >= 0.6 is 0 Å². The molecule has 11 nitrogen and oxygen atoms in total. The zero-order chi connectivity index (χ0) is 19.4. The Labute approximate surface area is 146 Å². The van der Waals surface area contributed by atoms with Crippen LogP contribution in [0.25, 0.3) is 0 Å². The second-order valence-electron chi connectivity index (χ2n) is 5.53. The Morgan fingerprint density at radius 2 is 1.69 bits per heavy atom. The van der Waals surface area contributed by atoms with Gasteiger partial charge in [-0.15, -0.1) is 0 Å². The van der Waals surface area contributed by atoms with E-state index in [-0.39, 0.29) is 6.61 Å². The first kappa shape index (κ1) is 19.4. The van der Waals surface area contributed by atoms with E-state index in [0.29, 0.717) is 0 Å². The molecule has 1 fully saturated rings. The molecule has 0 unspecified atom stereocenters. The van der Waals surface area contributed by atoms with Crippen LogP contribution in [0.3, 0.4) is 0 Å². The summed E-state index contributed by atoms with van der Waals surface area (Å²) in [4.78, 5) is 59.3. The molecule has 2 heterocycles. The van der Waals surface area contributed by atoms with E-state index in [1.165, 1.54) is 6.92 Å². The summed E-state index contributed by atoms with van der Waals surface area (Å²) in [7, 11) is 0. The molecule has 26 heavy (non-hydrogen) atoms. The maximum atomic E-state index is 12.1. The maximum Gasteiger partial charge on any atom is 0.330 e. The minimum absolute atomic E-state index is 0.292. The number of rotatable bonds is 5. The second-order valence-corrected chi connectivity index (χ2v) is 5.53. The van der Waals surface area contributed by atoms with Crippen LogP contribution in [0.5, 0.6) is 0 Å². The number of hydrogen-bond acceptors (Lipinski definition) is 9. The van der Waals surface area contributed by atoms with E-state index in [9.17, 15) is 24.0 Å². The highest BCUT2D eigenvalue weighted by atomic mass is 16.7. The molecule has 1 aromatic rings. The molecule has 1 aromatic heterocycles. The van der Waals surface area contributed by atoms with Gasteiger partial charge in [0, 0.05) is 33.0 Å². The van der Waals surface area contributed by atoms with E-state index in [0.717, 1.165) is 30.7 Å². The van der Waals surface area contributed by atoms with Gasteiger partial charge in [0.25, 0.3) is 5.56 Å². The molecule has 4 atom stereocenters. The monoisotopic (exact) mass is 370 g/mol. The van der Waals surface area contributed by atoms with Crippen molar-refractivity contribution in [3.05, 3.63) is 33.1 Å².